The maximum absolute atomic E-state index is 14.3. The maximum Gasteiger partial charge on any atom is 0.264 e. The number of nitrogens with zero attached hydrogens (tertiary/aromatic N) is 1. The van der Waals surface area contributed by atoms with Crippen molar-refractivity contribution in [3.05, 3.63) is 59.2 Å². The molecule has 3 aromatic rings. The van der Waals surface area contributed by atoms with Gasteiger partial charge in [0.15, 0.2) is 11.7 Å². The van der Waals surface area contributed by atoms with Gasteiger partial charge in [-0.2, -0.15) is 0 Å². The number of rotatable bonds is 7. The molecular formula is C21H20FN3O3S. The summed E-state index contributed by atoms with van der Waals surface area (Å²) in [5.74, 6) is -0.539. The van der Waals surface area contributed by atoms with Gasteiger partial charge in [0.25, 0.3) is 5.91 Å². The Labute approximate surface area is 171 Å². The molecule has 0 saturated carbocycles. The highest BCUT2D eigenvalue weighted by Gasteiger charge is 2.13. The van der Waals surface area contributed by atoms with Crippen LogP contribution in [0.3, 0.4) is 0 Å². The number of anilines is 2. The first-order valence-electron chi connectivity index (χ1n) is 8.99. The number of carbonyl (C=O) groups excluding carboxylic acids is 2. The highest BCUT2D eigenvalue weighted by molar-refractivity contribution is 7.14. The second kappa shape index (κ2) is 9.29. The Morgan fingerprint density at radius 3 is 2.55 bits per heavy atom. The molecule has 0 spiro atoms. The Morgan fingerprint density at radius 2 is 1.90 bits per heavy atom. The van der Waals surface area contributed by atoms with E-state index in [0.29, 0.717) is 22.3 Å². The van der Waals surface area contributed by atoms with Gasteiger partial charge in [-0.25, -0.2) is 9.37 Å². The lowest BCUT2D eigenvalue weighted by Gasteiger charge is -2.06. The highest BCUT2D eigenvalue weighted by Crippen LogP contribution is 2.28. The predicted octanol–water partition coefficient (Wildman–Crippen LogP) is 4.49. The van der Waals surface area contributed by atoms with E-state index in [2.05, 4.69) is 22.5 Å². The number of aryl methyl sites for hydroxylation is 1. The van der Waals surface area contributed by atoms with Crippen LogP contribution in [0.2, 0.25) is 0 Å². The third kappa shape index (κ3) is 5.61. The quantitative estimate of drug-likeness (QED) is 0.598. The SMILES string of the molecule is CCc1ccc(OCC(=O)Nc2nc(-c3ccc(NC(C)=O)cc3F)cs2)cc1. The first-order valence-corrected chi connectivity index (χ1v) is 9.87. The van der Waals surface area contributed by atoms with E-state index in [1.807, 2.05) is 24.3 Å². The first-order chi connectivity index (χ1) is 13.9. The molecule has 0 bridgehead atoms. The van der Waals surface area contributed by atoms with Crippen molar-refractivity contribution in [1.82, 2.24) is 4.98 Å². The summed E-state index contributed by atoms with van der Waals surface area (Å²) >= 11 is 1.19. The zero-order valence-corrected chi connectivity index (χ0v) is 16.8. The van der Waals surface area contributed by atoms with Crippen LogP contribution in [0.4, 0.5) is 15.2 Å². The van der Waals surface area contributed by atoms with Crippen LogP contribution >= 0.6 is 11.3 Å². The van der Waals surface area contributed by atoms with Gasteiger partial charge < -0.3 is 10.1 Å². The Kier molecular flexibility index (Phi) is 6.56. The van der Waals surface area contributed by atoms with E-state index in [1.165, 1.54) is 36.0 Å². The molecule has 0 fully saturated rings. The van der Waals surface area contributed by atoms with Crippen molar-refractivity contribution >= 4 is 34.0 Å². The molecule has 6 nitrogen and oxygen atoms in total. The van der Waals surface area contributed by atoms with Crippen molar-refractivity contribution in [3.63, 3.8) is 0 Å². The number of amides is 2. The minimum absolute atomic E-state index is 0.153. The third-order valence-corrected chi connectivity index (χ3v) is 4.78. The van der Waals surface area contributed by atoms with Gasteiger partial charge in [-0.3, -0.25) is 14.9 Å². The fourth-order valence-corrected chi connectivity index (χ4v) is 3.31. The summed E-state index contributed by atoms with van der Waals surface area (Å²) in [4.78, 5) is 27.4. The van der Waals surface area contributed by atoms with Crippen LogP contribution in [0, 0.1) is 5.82 Å². The minimum atomic E-state index is -0.515. The summed E-state index contributed by atoms with van der Waals surface area (Å²) in [6.07, 6.45) is 0.934. The summed E-state index contributed by atoms with van der Waals surface area (Å²) < 4.78 is 19.8. The standard InChI is InChI=1S/C21H20FN3O3S/c1-3-14-4-7-16(8-5-14)28-11-20(27)25-21-24-19(12-29-21)17-9-6-15(10-18(17)22)23-13(2)26/h4-10,12H,3,11H2,1-2H3,(H,23,26)(H,24,25,27). The zero-order chi connectivity index (χ0) is 20.8. The summed E-state index contributed by atoms with van der Waals surface area (Å²) in [6, 6.07) is 11.9. The molecular weight excluding hydrogens is 393 g/mol. The van der Waals surface area contributed by atoms with Gasteiger partial charge in [-0.15, -0.1) is 11.3 Å². The lowest BCUT2D eigenvalue weighted by molar-refractivity contribution is -0.118. The third-order valence-electron chi connectivity index (χ3n) is 4.02. The molecule has 0 saturated heterocycles. The van der Waals surface area contributed by atoms with Crippen LogP contribution in [0.5, 0.6) is 5.75 Å². The number of thiazole rings is 1. The van der Waals surface area contributed by atoms with Crippen molar-refractivity contribution in [3.8, 4) is 17.0 Å². The van der Waals surface area contributed by atoms with Crippen molar-refractivity contribution in [2.75, 3.05) is 17.2 Å². The van der Waals surface area contributed by atoms with E-state index in [9.17, 15) is 14.0 Å². The largest absolute Gasteiger partial charge is 0.484 e. The van der Waals surface area contributed by atoms with Gasteiger partial charge in [0.1, 0.15) is 11.6 Å². The van der Waals surface area contributed by atoms with Gasteiger partial charge in [0, 0.05) is 23.6 Å². The van der Waals surface area contributed by atoms with E-state index in [1.54, 1.807) is 11.4 Å². The summed E-state index contributed by atoms with van der Waals surface area (Å²) in [7, 11) is 0. The number of ether oxygens (including phenoxy) is 1. The van der Waals surface area contributed by atoms with Crippen molar-refractivity contribution in [1.29, 1.82) is 0 Å². The number of aromatic nitrogens is 1. The van der Waals surface area contributed by atoms with Gasteiger partial charge in [-0.05, 0) is 42.3 Å². The predicted molar refractivity (Wildman–Crippen MR) is 112 cm³/mol. The van der Waals surface area contributed by atoms with Crippen LogP contribution in [-0.4, -0.2) is 23.4 Å². The molecule has 150 valence electrons. The summed E-state index contributed by atoms with van der Waals surface area (Å²) in [5, 5.41) is 7.16. The van der Waals surface area contributed by atoms with E-state index in [4.69, 9.17) is 4.74 Å². The monoisotopic (exact) mass is 413 g/mol. The van der Waals surface area contributed by atoms with Crippen LogP contribution in [0.1, 0.15) is 19.4 Å². The van der Waals surface area contributed by atoms with Gasteiger partial charge in [-0.1, -0.05) is 19.1 Å². The molecule has 0 radical (unpaired) electrons. The van der Waals surface area contributed by atoms with Gasteiger partial charge >= 0.3 is 0 Å². The molecule has 8 heteroatoms. The number of hydrogen-bond donors (Lipinski definition) is 2. The average molecular weight is 413 g/mol. The van der Waals surface area contributed by atoms with Crippen molar-refractivity contribution < 1.29 is 18.7 Å². The highest BCUT2D eigenvalue weighted by atomic mass is 32.1. The number of benzene rings is 2. The maximum atomic E-state index is 14.3. The van der Waals surface area contributed by atoms with Gasteiger partial charge in [0.05, 0.1) is 5.69 Å². The molecule has 0 aliphatic rings. The van der Waals surface area contributed by atoms with E-state index in [-0.39, 0.29) is 24.0 Å². The normalized spacial score (nSPS) is 10.4. The van der Waals surface area contributed by atoms with Crippen molar-refractivity contribution in [2.24, 2.45) is 0 Å². The van der Waals surface area contributed by atoms with Crippen LogP contribution in [-0.2, 0) is 16.0 Å². The topological polar surface area (TPSA) is 80.3 Å². The second-order valence-corrected chi connectivity index (χ2v) is 7.11. The fourth-order valence-electron chi connectivity index (χ4n) is 2.58. The first kappa shape index (κ1) is 20.5. The zero-order valence-electron chi connectivity index (χ0n) is 16.0. The second-order valence-electron chi connectivity index (χ2n) is 6.25. The molecule has 0 aliphatic heterocycles. The number of hydrogen-bond acceptors (Lipinski definition) is 5. The van der Waals surface area contributed by atoms with Crippen LogP contribution < -0.4 is 15.4 Å². The average Bonchev–Trinajstić information content (AvgIpc) is 3.14. The number of carbonyl (C=O) groups is 2. The van der Waals surface area contributed by atoms with E-state index in [0.717, 1.165) is 6.42 Å². The van der Waals surface area contributed by atoms with Crippen LogP contribution in [0.15, 0.2) is 47.8 Å². The molecule has 0 aliphatic carbocycles. The molecule has 1 aromatic heterocycles. The minimum Gasteiger partial charge on any atom is -0.484 e. The molecule has 1 heterocycles. The summed E-state index contributed by atoms with van der Waals surface area (Å²) in [5.41, 5.74) is 2.23. The fraction of sp³-hybridized carbons (Fsp3) is 0.190. The molecule has 0 atom stereocenters. The van der Waals surface area contributed by atoms with Crippen molar-refractivity contribution in [2.45, 2.75) is 20.3 Å². The van der Waals surface area contributed by atoms with Crippen LogP contribution in [0.25, 0.3) is 11.3 Å². The lowest BCUT2D eigenvalue weighted by Crippen LogP contribution is -2.20. The molecule has 2 N–H and O–H groups in total. The Hall–Kier alpha value is -3.26. The molecule has 29 heavy (non-hydrogen) atoms. The van der Waals surface area contributed by atoms with E-state index >= 15 is 0 Å². The Bertz CT molecular complexity index is 1020. The molecule has 0 unspecified atom stereocenters. The molecule has 2 amide bonds. The molecule has 2 aromatic carbocycles. The number of halogens is 1. The van der Waals surface area contributed by atoms with E-state index < -0.39 is 5.82 Å². The van der Waals surface area contributed by atoms with Gasteiger partial charge in [0.2, 0.25) is 5.91 Å². The Balaban J connectivity index is 1.59. The lowest BCUT2D eigenvalue weighted by atomic mass is 10.1. The molecule has 3 rings (SSSR count). The Morgan fingerprint density at radius 1 is 1.14 bits per heavy atom. The smallest absolute Gasteiger partial charge is 0.264 e. The number of nitrogens with one attached hydrogen (secondary N) is 2. The summed E-state index contributed by atoms with van der Waals surface area (Å²) in [6.45, 7) is 3.26.